The van der Waals surface area contributed by atoms with Gasteiger partial charge in [0.05, 0.1) is 17.8 Å². The molecule has 1 aromatic heterocycles. The molecular formula is C40H48N6O4. The Morgan fingerprint density at radius 2 is 1.62 bits per heavy atom. The van der Waals surface area contributed by atoms with E-state index in [0.29, 0.717) is 41.8 Å². The number of fused-ring (bicyclic) bond motifs is 2. The van der Waals surface area contributed by atoms with E-state index >= 15 is 0 Å². The maximum atomic E-state index is 13.1. The topological polar surface area (TPSA) is 109 Å². The summed E-state index contributed by atoms with van der Waals surface area (Å²) in [5.74, 6) is 1.40. The molecule has 3 amide bonds. The molecule has 0 radical (unpaired) electrons. The number of hydrogen-bond acceptors (Lipinski definition) is 8. The molecule has 3 fully saturated rings. The number of amides is 3. The van der Waals surface area contributed by atoms with Gasteiger partial charge in [-0.15, -0.1) is 0 Å². The number of piperazine rings is 1. The minimum atomic E-state index is -0.621. The number of anilines is 2. The number of aryl methyl sites for hydroxylation is 1. The number of aromatic nitrogens is 1. The molecule has 0 spiro atoms. The first kappa shape index (κ1) is 32.7. The van der Waals surface area contributed by atoms with Gasteiger partial charge in [-0.25, -0.2) is 4.98 Å². The Balaban J connectivity index is 0.823. The lowest BCUT2D eigenvalue weighted by Crippen LogP contribution is -2.52. The molecule has 10 heteroatoms. The quantitative estimate of drug-likeness (QED) is 0.362. The molecule has 8 rings (SSSR count). The Morgan fingerprint density at radius 1 is 0.860 bits per heavy atom. The lowest BCUT2D eigenvalue weighted by Gasteiger charge is -2.41. The standard InChI is InChI=1S/C40H48N6O4/c1-40(2)16-13-28-23-30(47)7-8-31(28)37(40)27-3-5-29(6-4-27)44-17-14-26(15-18-44)24-43-19-21-45(22-20-43)35-11-9-32-33(41-35)25-46(39(32)50)34-10-12-36(48)42-38(34)49/h3-9,11,23,26,34,37,47H,10,12-22,24-25H2,1-2H3,(H,42,48,49). The summed E-state index contributed by atoms with van der Waals surface area (Å²) in [7, 11) is 0. The molecule has 0 saturated carbocycles. The van der Waals surface area contributed by atoms with E-state index in [1.54, 1.807) is 4.90 Å². The van der Waals surface area contributed by atoms with E-state index in [2.05, 4.69) is 64.2 Å². The largest absolute Gasteiger partial charge is 0.508 e. The number of piperidine rings is 2. The Labute approximate surface area is 294 Å². The molecular weight excluding hydrogens is 628 g/mol. The normalized spacial score (nSPS) is 24.3. The lowest BCUT2D eigenvalue weighted by molar-refractivity contribution is -0.136. The first-order chi connectivity index (χ1) is 24.1. The van der Waals surface area contributed by atoms with Crippen molar-refractivity contribution in [3.8, 4) is 5.75 Å². The minimum Gasteiger partial charge on any atom is -0.508 e. The van der Waals surface area contributed by atoms with Gasteiger partial charge in [0.25, 0.3) is 5.91 Å². The smallest absolute Gasteiger partial charge is 0.256 e. The van der Waals surface area contributed by atoms with Crippen LogP contribution in [0.3, 0.4) is 0 Å². The molecule has 10 nitrogen and oxygen atoms in total. The van der Waals surface area contributed by atoms with E-state index < -0.39 is 11.9 Å². The summed E-state index contributed by atoms with van der Waals surface area (Å²) in [6.07, 6.45) is 5.11. The monoisotopic (exact) mass is 676 g/mol. The van der Waals surface area contributed by atoms with E-state index in [9.17, 15) is 19.5 Å². The average Bonchev–Trinajstić information content (AvgIpc) is 3.44. The van der Waals surface area contributed by atoms with Crippen molar-refractivity contribution in [3.05, 3.63) is 82.5 Å². The fourth-order valence-corrected chi connectivity index (χ4v) is 9.12. The number of benzene rings is 2. The summed E-state index contributed by atoms with van der Waals surface area (Å²) >= 11 is 0. The van der Waals surface area contributed by atoms with E-state index in [0.717, 1.165) is 64.5 Å². The second kappa shape index (κ2) is 13.0. The molecule has 5 heterocycles. The zero-order chi connectivity index (χ0) is 34.6. The van der Waals surface area contributed by atoms with Gasteiger partial charge in [-0.05, 0) is 96.5 Å². The number of pyridine rings is 1. The van der Waals surface area contributed by atoms with Gasteiger partial charge in [0, 0.05) is 63.8 Å². The van der Waals surface area contributed by atoms with Gasteiger partial charge in [-0.1, -0.05) is 32.0 Å². The molecule has 262 valence electrons. The molecule has 2 N–H and O–H groups in total. The minimum absolute atomic E-state index is 0.161. The van der Waals surface area contributed by atoms with Gasteiger partial charge in [-0.2, -0.15) is 0 Å². The van der Waals surface area contributed by atoms with Crippen molar-refractivity contribution < 1.29 is 19.5 Å². The van der Waals surface area contributed by atoms with Crippen LogP contribution in [0.15, 0.2) is 54.6 Å². The van der Waals surface area contributed by atoms with Crippen LogP contribution in [0, 0.1) is 11.3 Å². The van der Waals surface area contributed by atoms with Crippen molar-refractivity contribution in [1.82, 2.24) is 20.1 Å². The van der Waals surface area contributed by atoms with Crippen LogP contribution in [-0.4, -0.2) is 89.5 Å². The van der Waals surface area contributed by atoms with E-state index in [4.69, 9.17) is 4.98 Å². The van der Waals surface area contributed by atoms with Crippen molar-refractivity contribution in [2.75, 3.05) is 55.6 Å². The highest BCUT2D eigenvalue weighted by Crippen LogP contribution is 2.49. The number of imide groups is 1. The van der Waals surface area contributed by atoms with Crippen molar-refractivity contribution in [2.24, 2.45) is 11.3 Å². The SMILES string of the molecule is CC1(C)CCc2cc(O)ccc2C1c1ccc(N2CCC(CN3CCN(c4ccc5c(n4)CN(C4CCC(=O)NC4=O)C5=O)CC3)CC2)cc1. The summed E-state index contributed by atoms with van der Waals surface area (Å²) in [5, 5.41) is 12.4. The molecule has 3 saturated heterocycles. The Kier molecular flexibility index (Phi) is 8.53. The highest BCUT2D eigenvalue weighted by molar-refractivity contribution is 6.05. The van der Waals surface area contributed by atoms with Crippen LogP contribution in [0.2, 0.25) is 0 Å². The number of nitrogens with zero attached hydrogens (tertiary/aromatic N) is 5. The van der Waals surface area contributed by atoms with Gasteiger partial charge in [0.1, 0.15) is 17.6 Å². The third kappa shape index (κ3) is 6.23. The van der Waals surface area contributed by atoms with Gasteiger partial charge < -0.3 is 19.8 Å². The summed E-state index contributed by atoms with van der Waals surface area (Å²) in [5.41, 5.74) is 6.73. The zero-order valence-electron chi connectivity index (χ0n) is 29.2. The first-order valence-corrected chi connectivity index (χ1v) is 18.4. The number of aromatic hydroxyl groups is 1. The molecule has 0 bridgehead atoms. The molecule has 2 aromatic carbocycles. The van der Waals surface area contributed by atoms with Gasteiger partial charge in [0.15, 0.2) is 0 Å². The maximum Gasteiger partial charge on any atom is 0.256 e. The second-order valence-electron chi connectivity index (χ2n) is 15.7. The molecule has 3 aromatic rings. The van der Waals surface area contributed by atoms with Crippen molar-refractivity contribution in [3.63, 3.8) is 0 Å². The number of rotatable bonds is 6. The summed E-state index contributed by atoms with van der Waals surface area (Å²) < 4.78 is 0. The number of carbonyl (C=O) groups excluding carboxylic acids is 3. The lowest BCUT2D eigenvalue weighted by atomic mass is 9.63. The molecule has 2 unspecified atom stereocenters. The number of phenolic OH excluding ortho intramolecular Hbond substituents is 1. The summed E-state index contributed by atoms with van der Waals surface area (Å²) in [6.45, 7) is 12.1. The highest BCUT2D eigenvalue weighted by atomic mass is 16.3. The zero-order valence-corrected chi connectivity index (χ0v) is 29.2. The number of nitrogens with one attached hydrogen (secondary N) is 1. The molecule has 5 aliphatic rings. The van der Waals surface area contributed by atoms with Crippen LogP contribution < -0.4 is 15.1 Å². The van der Waals surface area contributed by atoms with Gasteiger partial charge >= 0.3 is 0 Å². The van der Waals surface area contributed by atoms with Crippen LogP contribution in [0.1, 0.15) is 84.6 Å². The maximum absolute atomic E-state index is 13.1. The Bertz CT molecular complexity index is 1790. The van der Waals surface area contributed by atoms with Crippen molar-refractivity contribution >= 4 is 29.2 Å². The first-order valence-electron chi connectivity index (χ1n) is 18.4. The molecule has 50 heavy (non-hydrogen) atoms. The number of phenols is 1. The fourth-order valence-electron chi connectivity index (χ4n) is 9.12. The molecule has 4 aliphatic heterocycles. The average molecular weight is 677 g/mol. The molecule has 2 atom stereocenters. The van der Waals surface area contributed by atoms with E-state index in [-0.39, 0.29) is 23.7 Å². The van der Waals surface area contributed by atoms with E-state index in [1.165, 1.54) is 35.2 Å². The third-order valence-electron chi connectivity index (χ3n) is 12.0. The van der Waals surface area contributed by atoms with Crippen LogP contribution in [-0.2, 0) is 22.6 Å². The number of hydrogen-bond donors (Lipinski definition) is 2. The third-order valence-corrected chi connectivity index (χ3v) is 12.0. The predicted molar refractivity (Wildman–Crippen MR) is 192 cm³/mol. The van der Waals surface area contributed by atoms with Gasteiger partial charge in [0.2, 0.25) is 11.8 Å². The second-order valence-corrected chi connectivity index (χ2v) is 15.7. The number of carbonyl (C=O) groups is 3. The summed E-state index contributed by atoms with van der Waals surface area (Å²) in [6, 6.07) is 18.4. The predicted octanol–water partition coefficient (Wildman–Crippen LogP) is 4.69. The van der Waals surface area contributed by atoms with E-state index in [1.807, 2.05) is 24.3 Å². The van der Waals surface area contributed by atoms with Crippen LogP contribution >= 0.6 is 0 Å². The molecule has 1 aliphatic carbocycles. The van der Waals surface area contributed by atoms with Crippen LogP contribution in [0.4, 0.5) is 11.5 Å². The van der Waals surface area contributed by atoms with Crippen LogP contribution in [0.25, 0.3) is 0 Å². The van der Waals surface area contributed by atoms with Crippen molar-refractivity contribution in [1.29, 1.82) is 0 Å². The highest BCUT2D eigenvalue weighted by Gasteiger charge is 2.40. The Morgan fingerprint density at radius 3 is 2.36 bits per heavy atom. The van der Waals surface area contributed by atoms with Crippen LogP contribution in [0.5, 0.6) is 5.75 Å². The van der Waals surface area contributed by atoms with Gasteiger partial charge in [-0.3, -0.25) is 24.6 Å². The Hall–Kier alpha value is -4.44. The summed E-state index contributed by atoms with van der Waals surface area (Å²) in [4.78, 5) is 51.0. The fraction of sp³-hybridized carbons (Fsp3) is 0.500. The van der Waals surface area contributed by atoms with Crippen molar-refractivity contribution in [2.45, 2.75) is 70.9 Å².